The summed E-state index contributed by atoms with van der Waals surface area (Å²) in [6.45, 7) is 8.74. The van der Waals surface area contributed by atoms with Gasteiger partial charge >= 0.3 is 0 Å². The molecule has 4 heteroatoms. The topological polar surface area (TPSA) is 47.6 Å². The highest BCUT2D eigenvalue weighted by Crippen LogP contribution is 2.32. The summed E-state index contributed by atoms with van der Waals surface area (Å²) in [6.07, 6.45) is 0. The fourth-order valence-corrected chi connectivity index (χ4v) is 3.68. The van der Waals surface area contributed by atoms with E-state index in [9.17, 15) is 4.79 Å². The zero-order chi connectivity index (χ0) is 22.4. The van der Waals surface area contributed by atoms with Crippen LogP contribution in [0.4, 0.5) is 0 Å². The maximum Gasteiger partial charge on any atom is 0.255 e. The van der Waals surface area contributed by atoms with E-state index in [1.54, 1.807) is 13.2 Å². The van der Waals surface area contributed by atoms with Gasteiger partial charge in [0.05, 0.1) is 18.7 Å². The number of para-hydroxylation sites is 1. The normalized spacial score (nSPS) is 11.8. The van der Waals surface area contributed by atoms with E-state index in [0.717, 1.165) is 28.0 Å². The van der Waals surface area contributed by atoms with Gasteiger partial charge in [0.2, 0.25) is 0 Å². The first-order valence-corrected chi connectivity index (χ1v) is 10.7. The van der Waals surface area contributed by atoms with Crippen LogP contribution in [-0.2, 0) is 6.61 Å². The van der Waals surface area contributed by atoms with Crippen LogP contribution in [0.2, 0.25) is 0 Å². The number of methoxy groups -OCH3 is 1. The van der Waals surface area contributed by atoms with Crippen LogP contribution < -0.4 is 14.8 Å². The maximum absolute atomic E-state index is 13.1. The van der Waals surface area contributed by atoms with Gasteiger partial charge in [-0.2, -0.15) is 0 Å². The average Bonchev–Trinajstić information content (AvgIpc) is 2.77. The van der Waals surface area contributed by atoms with Gasteiger partial charge in [0.25, 0.3) is 5.91 Å². The van der Waals surface area contributed by atoms with Crippen LogP contribution in [0, 0.1) is 6.92 Å². The van der Waals surface area contributed by atoms with Crippen LogP contribution >= 0.6 is 0 Å². The van der Waals surface area contributed by atoms with Crippen molar-refractivity contribution < 1.29 is 14.3 Å². The summed E-state index contributed by atoms with van der Waals surface area (Å²) in [4.78, 5) is 13.1. The number of rotatable bonds is 8. The second-order valence-electron chi connectivity index (χ2n) is 8.07. The number of hydrogen-bond donors (Lipinski definition) is 1. The standard InChI is InChI=1S/C27H31NO3/c1-18(2)23-16-24(19(3)15-26(23)30-5)20(4)28-27(29)22-13-9-10-14-25(22)31-17-21-11-7-6-8-12-21/h6-16,18,20H,17H2,1-5H3,(H,28,29). The molecule has 162 valence electrons. The van der Waals surface area contributed by atoms with Crippen LogP contribution in [0.15, 0.2) is 66.7 Å². The molecule has 0 radical (unpaired) electrons. The Morgan fingerprint density at radius 2 is 1.58 bits per heavy atom. The molecule has 1 atom stereocenters. The zero-order valence-corrected chi connectivity index (χ0v) is 18.9. The van der Waals surface area contributed by atoms with Crippen molar-refractivity contribution in [1.82, 2.24) is 5.32 Å². The van der Waals surface area contributed by atoms with Crippen LogP contribution in [0.1, 0.15) is 65.3 Å². The quantitative estimate of drug-likeness (QED) is 0.475. The summed E-state index contributed by atoms with van der Waals surface area (Å²) in [7, 11) is 1.69. The van der Waals surface area contributed by atoms with E-state index >= 15 is 0 Å². The zero-order valence-electron chi connectivity index (χ0n) is 18.9. The molecular formula is C27H31NO3. The van der Waals surface area contributed by atoms with Gasteiger partial charge in [0.1, 0.15) is 18.1 Å². The van der Waals surface area contributed by atoms with E-state index in [-0.39, 0.29) is 11.9 Å². The molecule has 31 heavy (non-hydrogen) atoms. The summed E-state index contributed by atoms with van der Waals surface area (Å²) in [6, 6.07) is 21.3. The predicted octanol–water partition coefficient (Wildman–Crippen LogP) is 6.20. The highest BCUT2D eigenvalue weighted by atomic mass is 16.5. The van der Waals surface area contributed by atoms with Gasteiger partial charge in [0.15, 0.2) is 0 Å². The number of hydrogen-bond acceptors (Lipinski definition) is 3. The molecule has 4 nitrogen and oxygen atoms in total. The first kappa shape index (κ1) is 22.4. The second kappa shape index (κ2) is 10.2. The molecule has 3 rings (SSSR count). The molecule has 0 saturated carbocycles. The molecule has 0 bridgehead atoms. The minimum absolute atomic E-state index is 0.155. The largest absolute Gasteiger partial charge is 0.496 e. The number of carbonyl (C=O) groups excluding carboxylic acids is 1. The summed E-state index contributed by atoms with van der Waals surface area (Å²) >= 11 is 0. The van der Waals surface area contributed by atoms with E-state index in [4.69, 9.17) is 9.47 Å². The van der Waals surface area contributed by atoms with Crippen molar-refractivity contribution in [3.8, 4) is 11.5 Å². The van der Waals surface area contributed by atoms with Crippen molar-refractivity contribution >= 4 is 5.91 Å². The molecule has 0 saturated heterocycles. The first-order chi connectivity index (χ1) is 14.9. The third-order valence-electron chi connectivity index (χ3n) is 5.42. The molecular weight excluding hydrogens is 386 g/mol. The van der Waals surface area contributed by atoms with Crippen LogP contribution in [0.5, 0.6) is 11.5 Å². The lowest BCUT2D eigenvalue weighted by molar-refractivity contribution is 0.0935. The van der Waals surface area contributed by atoms with Gasteiger partial charge in [-0.1, -0.05) is 56.3 Å². The monoisotopic (exact) mass is 417 g/mol. The number of aryl methyl sites for hydroxylation is 1. The minimum Gasteiger partial charge on any atom is -0.496 e. The van der Waals surface area contributed by atoms with Crippen molar-refractivity contribution in [3.63, 3.8) is 0 Å². The van der Waals surface area contributed by atoms with Crippen molar-refractivity contribution in [1.29, 1.82) is 0 Å². The van der Waals surface area contributed by atoms with Gasteiger partial charge < -0.3 is 14.8 Å². The Morgan fingerprint density at radius 3 is 2.26 bits per heavy atom. The van der Waals surface area contributed by atoms with E-state index in [0.29, 0.717) is 23.8 Å². The van der Waals surface area contributed by atoms with Gasteiger partial charge in [-0.3, -0.25) is 4.79 Å². The molecule has 3 aromatic carbocycles. The fraction of sp³-hybridized carbons (Fsp3) is 0.296. The van der Waals surface area contributed by atoms with E-state index < -0.39 is 0 Å². The second-order valence-corrected chi connectivity index (χ2v) is 8.07. The van der Waals surface area contributed by atoms with Crippen molar-refractivity contribution in [3.05, 3.63) is 94.5 Å². The lowest BCUT2D eigenvalue weighted by Crippen LogP contribution is -2.27. The van der Waals surface area contributed by atoms with Gasteiger partial charge in [-0.15, -0.1) is 0 Å². The number of carbonyl (C=O) groups is 1. The summed E-state index contributed by atoms with van der Waals surface area (Å²) in [5.74, 6) is 1.63. The Balaban J connectivity index is 1.78. The molecule has 1 N–H and O–H groups in total. The molecule has 0 fully saturated rings. The van der Waals surface area contributed by atoms with E-state index in [1.165, 1.54) is 0 Å². The molecule has 1 unspecified atom stereocenters. The Labute approximate surface area is 185 Å². The van der Waals surface area contributed by atoms with Crippen LogP contribution in [0.3, 0.4) is 0 Å². The molecule has 0 aliphatic carbocycles. The van der Waals surface area contributed by atoms with Crippen LogP contribution in [-0.4, -0.2) is 13.0 Å². The molecule has 0 aliphatic rings. The first-order valence-electron chi connectivity index (χ1n) is 10.7. The molecule has 0 heterocycles. The lowest BCUT2D eigenvalue weighted by Gasteiger charge is -2.21. The smallest absolute Gasteiger partial charge is 0.255 e. The van der Waals surface area contributed by atoms with Gasteiger partial charge in [0, 0.05) is 0 Å². The number of amides is 1. The lowest BCUT2D eigenvalue weighted by atomic mass is 9.93. The van der Waals surface area contributed by atoms with Crippen LogP contribution in [0.25, 0.3) is 0 Å². The molecule has 0 aromatic heterocycles. The van der Waals surface area contributed by atoms with Gasteiger partial charge in [-0.25, -0.2) is 0 Å². The highest BCUT2D eigenvalue weighted by molar-refractivity contribution is 5.97. The van der Waals surface area contributed by atoms with Crippen molar-refractivity contribution in [2.24, 2.45) is 0 Å². The average molecular weight is 418 g/mol. The van der Waals surface area contributed by atoms with E-state index in [1.807, 2.05) is 68.4 Å². The predicted molar refractivity (Wildman–Crippen MR) is 125 cm³/mol. The minimum atomic E-state index is -0.155. The SMILES string of the molecule is COc1cc(C)c(C(C)NC(=O)c2ccccc2OCc2ccccc2)cc1C(C)C. The number of nitrogens with one attached hydrogen (secondary N) is 1. The number of benzene rings is 3. The Morgan fingerprint density at radius 1 is 0.903 bits per heavy atom. The van der Waals surface area contributed by atoms with Gasteiger partial charge in [-0.05, 0) is 66.3 Å². The summed E-state index contributed by atoms with van der Waals surface area (Å²) < 4.78 is 11.5. The van der Waals surface area contributed by atoms with Crippen molar-refractivity contribution in [2.75, 3.05) is 7.11 Å². The highest BCUT2D eigenvalue weighted by Gasteiger charge is 2.19. The number of ether oxygens (including phenoxy) is 2. The Bertz CT molecular complexity index is 1030. The maximum atomic E-state index is 13.1. The summed E-state index contributed by atoms with van der Waals surface area (Å²) in [5, 5.41) is 3.14. The Kier molecular flexibility index (Phi) is 7.35. The van der Waals surface area contributed by atoms with Crippen molar-refractivity contribution in [2.45, 2.75) is 46.3 Å². The fourth-order valence-electron chi connectivity index (χ4n) is 3.68. The molecule has 0 aliphatic heterocycles. The van der Waals surface area contributed by atoms with E-state index in [2.05, 4.69) is 25.2 Å². The molecule has 0 spiro atoms. The third-order valence-corrected chi connectivity index (χ3v) is 5.42. The molecule has 3 aromatic rings. The third kappa shape index (κ3) is 5.46. The molecule has 1 amide bonds. The Hall–Kier alpha value is -3.27. The summed E-state index contributed by atoms with van der Waals surface area (Å²) in [5.41, 5.74) is 4.89.